The predicted octanol–water partition coefficient (Wildman–Crippen LogP) is 4.70. The quantitative estimate of drug-likeness (QED) is 0.567. The summed E-state index contributed by atoms with van der Waals surface area (Å²) >= 11 is 1.60. The van der Waals surface area contributed by atoms with Crippen LogP contribution in [0.5, 0.6) is 11.5 Å². The van der Waals surface area contributed by atoms with Gasteiger partial charge in [-0.05, 0) is 51.3 Å². The van der Waals surface area contributed by atoms with Gasteiger partial charge in [0.2, 0.25) is 0 Å². The minimum absolute atomic E-state index is 0.00882. The predicted molar refractivity (Wildman–Crippen MR) is 113 cm³/mol. The van der Waals surface area contributed by atoms with Crippen LogP contribution in [0.2, 0.25) is 0 Å². The molecule has 2 aromatic heterocycles. The molecular formula is C22H25N3O4S. The molecular weight excluding hydrogens is 402 g/mol. The van der Waals surface area contributed by atoms with Crippen molar-refractivity contribution in [3.63, 3.8) is 0 Å². The van der Waals surface area contributed by atoms with Crippen molar-refractivity contribution in [3.05, 3.63) is 57.4 Å². The summed E-state index contributed by atoms with van der Waals surface area (Å²) in [5, 5.41) is 6.90. The zero-order valence-corrected chi connectivity index (χ0v) is 18.2. The Labute approximate surface area is 179 Å². The Hall–Kier alpha value is -2.87. The Balaban J connectivity index is 1.53. The van der Waals surface area contributed by atoms with Gasteiger partial charge in [0.25, 0.3) is 5.91 Å². The van der Waals surface area contributed by atoms with E-state index in [4.69, 9.17) is 14.0 Å². The second kappa shape index (κ2) is 8.87. The van der Waals surface area contributed by atoms with Gasteiger partial charge in [0.1, 0.15) is 17.4 Å². The van der Waals surface area contributed by atoms with E-state index in [1.54, 1.807) is 42.8 Å². The fourth-order valence-corrected chi connectivity index (χ4v) is 4.56. The number of aryl methyl sites for hydroxylation is 2. The summed E-state index contributed by atoms with van der Waals surface area (Å²) in [5.74, 6) is 1.82. The lowest BCUT2D eigenvalue weighted by Gasteiger charge is -2.34. The van der Waals surface area contributed by atoms with Crippen molar-refractivity contribution in [1.29, 1.82) is 0 Å². The first-order valence-electron chi connectivity index (χ1n) is 10.0. The van der Waals surface area contributed by atoms with Gasteiger partial charge >= 0.3 is 0 Å². The fourth-order valence-electron chi connectivity index (χ4n) is 3.77. The van der Waals surface area contributed by atoms with Gasteiger partial charge in [0.15, 0.2) is 11.5 Å². The third kappa shape index (κ3) is 4.05. The summed E-state index contributed by atoms with van der Waals surface area (Å²) in [6.45, 7) is 4.79. The van der Waals surface area contributed by atoms with Crippen LogP contribution in [0, 0.1) is 13.8 Å². The number of carbonyl (C=O) groups excluding carboxylic acids is 1. The first kappa shape index (κ1) is 20.4. The van der Waals surface area contributed by atoms with Crippen molar-refractivity contribution in [2.45, 2.75) is 45.8 Å². The SMILES string of the molecule is COc1cc(C(=O)N2CCCCC2c2nccs2)ccc1OCc1c(C)noc1C. The van der Waals surface area contributed by atoms with Crippen molar-refractivity contribution >= 4 is 17.2 Å². The van der Waals surface area contributed by atoms with Crippen LogP contribution in [0.25, 0.3) is 0 Å². The van der Waals surface area contributed by atoms with Gasteiger partial charge in [0, 0.05) is 23.7 Å². The average Bonchev–Trinajstić information content (AvgIpc) is 3.42. The maximum absolute atomic E-state index is 13.3. The first-order chi connectivity index (χ1) is 14.6. The highest BCUT2D eigenvalue weighted by Gasteiger charge is 2.30. The van der Waals surface area contributed by atoms with E-state index in [0.29, 0.717) is 23.7 Å². The number of ether oxygens (including phenoxy) is 2. The van der Waals surface area contributed by atoms with E-state index in [1.165, 1.54) is 0 Å². The molecule has 7 nitrogen and oxygen atoms in total. The molecule has 0 aliphatic carbocycles. The van der Waals surface area contributed by atoms with E-state index >= 15 is 0 Å². The minimum atomic E-state index is -0.00882. The maximum atomic E-state index is 13.3. The monoisotopic (exact) mass is 427 g/mol. The molecule has 1 fully saturated rings. The number of piperidine rings is 1. The topological polar surface area (TPSA) is 77.7 Å². The number of methoxy groups -OCH3 is 1. The third-order valence-electron chi connectivity index (χ3n) is 5.46. The Bertz CT molecular complexity index is 996. The molecule has 1 amide bonds. The molecule has 3 heterocycles. The number of benzene rings is 1. The Morgan fingerprint density at radius 3 is 2.87 bits per heavy atom. The van der Waals surface area contributed by atoms with Crippen molar-refractivity contribution < 1.29 is 18.8 Å². The molecule has 1 aliphatic rings. The lowest BCUT2D eigenvalue weighted by atomic mass is 10.0. The molecule has 0 bridgehead atoms. The normalized spacial score (nSPS) is 16.5. The minimum Gasteiger partial charge on any atom is -0.493 e. The molecule has 1 aliphatic heterocycles. The second-order valence-corrected chi connectivity index (χ2v) is 8.26. The van der Waals surface area contributed by atoms with Crippen LogP contribution in [-0.2, 0) is 6.61 Å². The highest BCUT2D eigenvalue weighted by Crippen LogP contribution is 2.35. The van der Waals surface area contributed by atoms with Crippen LogP contribution >= 0.6 is 11.3 Å². The van der Waals surface area contributed by atoms with Gasteiger partial charge in [-0.3, -0.25) is 4.79 Å². The smallest absolute Gasteiger partial charge is 0.254 e. The molecule has 1 saturated heterocycles. The molecule has 8 heteroatoms. The van der Waals surface area contributed by atoms with E-state index in [9.17, 15) is 4.79 Å². The molecule has 30 heavy (non-hydrogen) atoms. The maximum Gasteiger partial charge on any atom is 0.254 e. The number of aromatic nitrogens is 2. The van der Waals surface area contributed by atoms with E-state index in [0.717, 1.165) is 47.8 Å². The van der Waals surface area contributed by atoms with Crippen LogP contribution in [0.15, 0.2) is 34.3 Å². The summed E-state index contributed by atoms with van der Waals surface area (Å²) in [6.07, 6.45) is 4.84. The first-order valence-corrected chi connectivity index (χ1v) is 10.9. The van der Waals surface area contributed by atoms with E-state index < -0.39 is 0 Å². The van der Waals surface area contributed by atoms with Crippen molar-refractivity contribution in [1.82, 2.24) is 15.0 Å². The van der Waals surface area contributed by atoms with E-state index in [2.05, 4.69) is 10.1 Å². The van der Waals surface area contributed by atoms with Crippen LogP contribution in [0.4, 0.5) is 0 Å². The van der Waals surface area contributed by atoms with Gasteiger partial charge < -0.3 is 18.9 Å². The number of hydrogen-bond donors (Lipinski definition) is 0. The number of thiazole rings is 1. The Morgan fingerprint density at radius 1 is 1.30 bits per heavy atom. The molecule has 1 unspecified atom stereocenters. The van der Waals surface area contributed by atoms with Gasteiger partial charge in [-0.25, -0.2) is 4.98 Å². The third-order valence-corrected chi connectivity index (χ3v) is 6.34. The molecule has 1 aromatic carbocycles. The molecule has 0 radical (unpaired) electrons. The van der Waals surface area contributed by atoms with Gasteiger partial charge in [-0.1, -0.05) is 5.16 Å². The lowest BCUT2D eigenvalue weighted by Crippen LogP contribution is -2.38. The molecule has 0 spiro atoms. The van der Waals surface area contributed by atoms with Crippen molar-refractivity contribution in [2.24, 2.45) is 0 Å². The molecule has 0 N–H and O–H groups in total. The molecule has 0 saturated carbocycles. The molecule has 158 valence electrons. The van der Waals surface area contributed by atoms with Crippen molar-refractivity contribution in [3.8, 4) is 11.5 Å². The van der Waals surface area contributed by atoms with Gasteiger partial charge in [0.05, 0.1) is 24.4 Å². The van der Waals surface area contributed by atoms with Crippen LogP contribution in [-0.4, -0.2) is 34.6 Å². The van der Waals surface area contributed by atoms with Crippen LogP contribution in [0.3, 0.4) is 0 Å². The number of nitrogens with zero attached hydrogens (tertiary/aromatic N) is 3. The largest absolute Gasteiger partial charge is 0.493 e. The number of hydrogen-bond acceptors (Lipinski definition) is 7. The fraction of sp³-hybridized carbons (Fsp3) is 0.409. The number of rotatable bonds is 6. The second-order valence-electron chi connectivity index (χ2n) is 7.34. The van der Waals surface area contributed by atoms with E-state index in [-0.39, 0.29) is 11.9 Å². The van der Waals surface area contributed by atoms with Gasteiger partial charge in [-0.2, -0.15) is 0 Å². The van der Waals surface area contributed by atoms with Crippen molar-refractivity contribution in [2.75, 3.05) is 13.7 Å². The average molecular weight is 428 g/mol. The Kier molecular flexibility index (Phi) is 6.03. The van der Waals surface area contributed by atoms with E-state index in [1.807, 2.05) is 24.1 Å². The van der Waals surface area contributed by atoms with Crippen LogP contribution < -0.4 is 9.47 Å². The molecule has 1 atom stereocenters. The number of carbonyl (C=O) groups is 1. The zero-order chi connectivity index (χ0) is 21.1. The summed E-state index contributed by atoms with van der Waals surface area (Å²) in [7, 11) is 1.58. The highest BCUT2D eigenvalue weighted by molar-refractivity contribution is 7.09. The summed E-state index contributed by atoms with van der Waals surface area (Å²) in [4.78, 5) is 19.7. The molecule has 3 aromatic rings. The summed E-state index contributed by atoms with van der Waals surface area (Å²) < 4.78 is 16.6. The Morgan fingerprint density at radius 2 is 2.17 bits per heavy atom. The highest BCUT2D eigenvalue weighted by atomic mass is 32.1. The number of likely N-dealkylation sites (tertiary alicyclic amines) is 1. The van der Waals surface area contributed by atoms with Gasteiger partial charge in [-0.15, -0.1) is 11.3 Å². The number of amides is 1. The zero-order valence-electron chi connectivity index (χ0n) is 17.4. The molecule has 4 rings (SSSR count). The summed E-state index contributed by atoms with van der Waals surface area (Å²) in [6, 6.07) is 5.36. The summed E-state index contributed by atoms with van der Waals surface area (Å²) in [5.41, 5.74) is 2.30. The standard InChI is InChI=1S/C22H25N3O4S/c1-14-17(15(2)29-24-14)13-28-19-8-7-16(12-20(19)27-3)22(26)25-10-5-4-6-18(25)21-23-9-11-30-21/h7-9,11-12,18H,4-6,10,13H2,1-3H3. The lowest BCUT2D eigenvalue weighted by molar-refractivity contribution is 0.0610. The van der Waals surface area contributed by atoms with Crippen LogP contribution in [0.1, 0.15) is 57.7 Å².